The molecule has 0 bridgehead atoms. The molecule has 1 aliphatic rings. The molecule has 0 aromatic heterocycles. The zero-order chi connectivity index (χ0) is 18.2. The van der Waals surface area contributed by atoms with Crippen LogP contribution in [0.4, 0.5) is 0 Å². The van der Waals surface area contributed by atoms with Crippen LogP contribution in [0, 0.1) is 18.3 Å². The standard InChI is InChI=1S/C19H24N4OS/c1-5-21-23-15(3)22-19(25-4)17(13-20)18(23)7-6-12-24-16-10-8-14(2)9-11-16/h5,8-11,15H,6-7,12H2,1-4H3/b21-5-. The van der Waals surface area contributed by atoms with Gasteiger partial charge in [0.2, 0.25) is 0 Å². The fourth-order valence-electron chi connectivity index (χ4n) is 2.61. The molecule has 1 atom stereocenters. The summed E-state index contributed by atoms with van der Waals surface area (Å²) in [4.78, 5) is 4.57. The van der Waals surface area contributed by atoms with Crippen LogP contribution < -0.4 is 4.74 Å². The number of ether oxygens (including phenoxy) is 1. The fourth-order valence-corrected chi connectivity index (χ4v) is 3.24. The Morgan fingerprint density at radius 2 is 2.12 bits per heavy atom. The number of aliphatic imine (C=N–C) groups is 1. The van der Waals surface area contributed by atoms with Crippen molar-refractivity contribution >= 4 is 23.0 Å². The number of nitrogens with zero attached hydrogens (tertiary/aromatic N) is 4. The first kappa shape index (κ1) is 19.1. The zero-order valence-electron chi connectivity index (χ0n) is 15.2. The van der Waals surface area contributed by atoms with Crippen LogP contribution in [-0.4, -0.2) is 35.3 Å². The van der Waals surface area contributed by atoms with Crippen molar-refractivity contribution in [2.24, 2.45) is 10.1 Å². The van der Waals surface area contributed by atoms with Crippen molar-refractivity contribution in [3.05, 3.63) is 41.1 Å². The van der Waals surface area contributed by atoms with E-state index in [1.54, 1.807) is 6.21 Å². The van der Waals surface area contributed by atoms with Crippen molar-refractivity contribution in [3.8, 4) is 11.8 Å². The first-order chi connectivity index (χ1) is 12.1. The van der Waals surface area contributed by atoms with Gasteiger partial charge in [0.1, 0.15) is 28.6 Å². The van der Waals surface area contributed by atoms with Crippen LogP contribution in [0.5, 0.6) is 5.75 Å². The van der Waals surface area contributed by atoms with Crippen LogP contribution in [0.15, 0.2) is 45.6 Å². The van der Waals surface area contributed by atoms with E-state index in [1.165, 1.54) is 17.3 Å². The number of rotatable bonds is 6. The normalized spacial score (nSPS) is 17.6. The van der Waals surface area contributed by atoms with E-state index in [4.69, 9.17) is 4.74 Å². The molecule has 1 unspecified atom stereocenters. The summed E-state index contributed by atoms with van der Waals surface area (Å²) in [7, 11) is 0. The van der Waals surface area contributed by atoms with E-state index in [0.717, 1.165) is 29.3 Å². The summed E-state index contributed by atoms with van der Waals surface area (Å²) in [6.07, 6.45) is 5.09. The lowest BCUT2D eigenvalue weighted by atomic mass is 10.1. The number of allylic oxidation sites excluding steroid dienone is 1. The third-order valence-corrected chi connectivity index (χ3v) is 4.53. The maximum atomic E-state index is 9.58. The molecule has 5 nitrogen and oxygen atoms in total. The van der Waals surface area contributed by atoms with Crippen LogP contribution in [-0.2, 0) is 0 Å². The minimum absolute atomic E-state index is 0.108. The van der Waals surface area contributed by atoms with E-state index in [-0.39, 0.29) is 6.17 Å². The summed E-state index contributed by atoms with van der Waals surface area (Å²) < 4.78 is 5.80. The number of hydrogen-bond acceptors (Lipinski definition) is 6. The first-order valence-electron chi connectivity index (χ1n) is 8.33. The van der Waals surface area contributed by atoms with E-state index < -0.39 is 0 Å². The number of thioether (sulfide) groups is 1. The Balaban J connectivity index is 2.07. The molecule has 1 aliphatic heterocycles. The molecule has 0 aliphatic carbocycles. The molecule has 6 heteroatoms. The van der Waals surface area contributed by atoms with Gasteiger partial charge >= 0.3 is 0 Å². The molecule has 2 rings (SSSR count). The fraction of sp³-hybridized carbons (Fsp3) is 0.421. The third kappa shape index (κ3) is 4.86. The van der Waals surface area contributed by atoms with Gasteiger partial charge < -0.3 is 4.74 Å². The Bertz CT molecular complexity index is 716. The topological polar surface area (TPSA) is 61.0 Å². The highest BCUT2D eigenvalue weighted by Gasteiger charge is 2.27. The van der Waals surface area contributed by atoms with Crippen molar-refractivity contribution < 1.29 is 4.74 Å². The van der Waals surface area contributed by atoms with Crippen molar-refractivity contribution in [1.82, 2.24) is 5.01 Å². The highest BCUT2D eigenvalue weighted by molar-refractivity contribution is 8.13. The maximum absolute atomic E-state index is 9.58. The molecule has 1 aromatic carbocycles. The molecule has 1 aromatic rings. The van der Waals surface area contributed by atoms with Crippen molar-refractivity contribution in [2.75, 3.05) is 12.9 Å². The molecule has 25 heavy (non-hydrogen) atoms. The predicted molar refractivity (Wildman–Crippen MR) is 105 cm³/mol. The molecular formula is C19H24N4OS. The first-order valence-corrected chi connectivity index (χ1v) is 9.55. The summed E-state index contributed by atoms with van der Waals surface area (Å²) >= 11 is 1.50. The molecular weight excluding hydrogens is 332 g/mol. The van der Waals surface area contributed by atoms with Gasteiger partial charge in [0.25, 0.3) is 0 Å². The van der Waals surface area contributed by atoms with Crippen molar-refractivity contribution in [2.45, 2.75) is 39.8 Å². The van der Waals surface area contributed by atoms with Crippen LogP contribution >= 0.6 is 11.8 Å². The Morgan fingerprint density at radius 1 is 1.40 bits per heavy atom. The zero-order valence-corrected chi connectivity index (χ0v) is 16.0. The van der Waals surface area contributed by atoms with Gasteiger partial charge in [0, 0.05) is 6.21 Å². The monoisotopic (exact) mass is 356 g/mol. The van der Waals surface area contributed by atoms with Crippen molar-refractivity contribution in [1.29, 1.82) is 5.26 Å². The predicted octanol–water partition coefficient (Wildman–Crippen LogP) is 4.36. The molecule has 0 spiro atoms. The van der Waals surface area contributed by atoms with Gasteiger partial charge in [-0.2, -0.15) is 10.4 Å². The summed E-state index contributed by atoms with van der Waals surface area (Å²) in [6, 6.07) is 10.3. The average molecular weight is 356 g/mol. The van der Waals surface area contributed by atoms with Gasteiger partial charge in [-0.1, -0.05) is 17.7 Å². The molecule has 1 heterocycles. The number of nitriles is 1. The van der Waals surface area contributed by atoms with Crippen LogP contribution in [0.2, 0.25) is 0 Å². The van der Waals surface area contributed by atoms with Crippen LogP contribution in [0.25, 0.3) is 0 Å². The van der Waals surface area contributed by atoms with Gasteiger partial charge in [-0.25, -0.2) is 5.01 Å². The summed E-state index contributed by atoms with van der Waals surface area (Å²) in [5.74, 6) is 0.867. The Hall–Kier alpha value is -2.26. The van der Waals surface area contributed by atoms with E-state index >= 15 is 0 Å². The van der Waals surface area contributed by atoms with Crippen LogP contribution in [0.3, 0.4) is 0 Å². The van der Waals surface area contributed by atoms with Crippen molar-refractivity contribution in [3.63, 3.8) is 0 Å². The SMILES string of the molecule is C/C=N\N1C(CCCOc2ccc(C)cc2)=C(C#N)C(SC)=NC1C. The number of hydrazone groups is 1. The van der Waals surface area contributed by atoms with E-state index in [2.05, 4.69) is 23.1 Å². The lowest BCUT2D eigenvalue weighted by Crippen LogP contribution is -2.33. The van der Waals surface area contributed by atoms with Gasteiger partial charge in [-0.15, -0.1) is 11.8 Å². The summed E-state index contributed by atoms with van der Waals surface area (Å²) in [5, 5.41) is 16.6. The van der Waals surface area contributed by atoms with Gasteiger partial charge in [-0.3, -0.25) is 4.99 Å². The maximum Gasteiger partial charge on any atom is 0.140 e. The molecule has 0 saturated carbocycles. The second-order valence-corrected chi connectivity index (χ2v) is 6.48. The highest BCUT2D eigenvalue weighted by Crippen LogP contribution is 2.29. The third-order valence-electron chi connectivity index (χ3n) is 3.83. The smallest absolute Gasteiger partial charge is 0.140 e. The molecule has 0 saturated heterocycles. The minimum atomic E-state index is -0.108. The Kier molecular flexibility index (Phi) is 7.08. The molecule has 0 fully saturated rings. The van der Waals surface area contributed by atoms with E-state index in [1.807, 2.05) is 49.4 Å². The second-order valence-electron chi connectivity index (χ2n) is 5.69. The second kappa shape index (κ2) is 9.28. The lowest BCUT2D eigenvalue weighted by Gasteiger charge is -2.31. The average Bonchev–Trinajstić information content (AvgIpc) is 2.62. The molecule has 0 amide bonds. The van der Waals surface area contributed by atoms with E-state index in [9.17, 15) is 5.26 Å². The quantitative estimate of drug-likeness (QED) is 0.561. The minimum Gasteiger partial charge on any atom is -0.494 e. The molecule has 132 valence electrons. The molecule has 0 N–H and O–H groups in total. The number of hydrogen-bond donors (Lipinski definition) is 0. The Morgan fingerprint density at radius 3 is 2.72 bits per heavy atom. The highest BCUT2D eigenvalue weighted by atomic mass is 32.2. The van der Waals surface area contributed by atoms with E-state index in [0.29, 0.717) is 12.2 Å². The summed E-state index contributed by atoms with van der Waals surface area (Å²) in [6.45, 7) is 6.50. The lowest BCUT2D eigenvalue weighted by molar-refractivity contribution is 0.259. The van der Waals surface area contributed by atoms with Gasteiger partial charge in [0.05, 0.1) is 12.3 Å². The van der Waals surface area contributed by atoms with Gasteiger partial charge in [-0.05, 0) is 52.0 Å². The van der Waals surface area contributed by atoms with Gasteiger partial charge in [0.15, 0.2) is 0 Å². The molecule has 0 radical (unpaired) electrons. The largest absolute Gasteiger partial charge is 0.494 e. The Labute approximate surface area is 154 Å². The van der Waals surface area contributed by atoms with Crippen LogP contribution in [0.1, 0.15) is 32.3 Å². The number of benzene rings is 1. The summed E-state index contributed by atoms with van der Waals surface area (Å²) in [5.41, 5.74) is 2.75. The number of aryl methyl sites for hydroxylation is 1.